The topological polar surface area (TPSA) is 79.3 Å². The van der Waals surface area contributed by atoms with Gasteiger partial charge in [-0.2, -0.15) is 0 Å². The molecule has 0 fully saturated rings. The number of hydrogen-bond acceptors (Lipinski definition) is 4. The predicted molar refractivity (Wildman–Crippen MR) is 56.4 cm³/mol. The van der Waals surface area contributed by atoms with E-state index >= 15 is 0 Å². The maximum absolute atomic E-state index is 12.0. The van der Waals surface area contributed by atoms with Crippen molar-refractivity contribution >= 4 is 21.6 Å². The average molecular weight is 287 g/mol. The maximum atomic E-state index is 12.0. The van der Waals surface area contributed by atoms with Crippen molar-refractivity contribution in [3.63, 3.8) is 0 Å². The summed E-state index contributed by atoms with van der Waals surface area (Å²) >= 11 is 5.62. The third-order valence-corrected chi connectivity index (χ3v) is 3.69. The number of aromatic nitrogens is 1. The van der Waals surface area contributed by atoms with Gasteiger partial charge in [0.2, 0.25) is 10.0 Å². The minimum atomic E-state index is -4.06. The number of sulfonamides is 1. The highest BCUT2D eigenvalue weighted by Gasteiger charge is 2.22. The van der Waals surface area contributed by atoms with Crippen molar-refractivity contribution in [3.05, 3.63) is 23.5 Å². The number of aliphatic hydroxyl groups excluding tert-OH is 1. The molecular weight excluding hydrogens is 278 g/mol. The molecule has 17 heavy (non-hydrogen) atoms. The first-order valence-corrected chi connectivity index (χ1v) is 6.26. The van der Waals surface area contributed by atoms with Crippen LogP contribution in [0.4, 0.5) is 8.78 Å². The van der Waals surface area contributed by atoms with Gasteiger partial charge in [-0.3, -0.25) is 4.98 Å². The number of aliphatic hydroxyl groups is 1. The monoisotopic (exact) mass is 286 g/mol. The van der Waals surface area contributed by atoms with Crippen LogP contribution >= 0.6 is 11.6 Å². The number of pyridine rings is 1. The minimum absolute atomic E-state index is 0.0842. The molecule has 0 saturated carbocycles. The van der Waals surface area contributed by atoms with Gasteiger partial charge in [0.15, 0.2) is 0 Å². The van der Waals surface area contributed by atoms with Crippen molar-refractivity contribution < 1.29 is 22.3 Å². The summed E-state index contributed by atoms with van der Waals surface area (Å²) in [6.07, 6.45) is -2.82. The zero-order valence-electron chi connectivity index (χ0n) is 8.35. The van der Waals surface area contributed by atoms with Crippen molar-refractivity contribution in [2.45, 2.75) is 17.4 Å². The van der Waals surface area contributed by atoms with Crippen LogP contribution in [0.5, 0.6) is 0 Å². The Hall–Kier alpha value is -0.830. The summed E-state index contributed by atoms with van der Waals surface area (Å²) in [5.74, 6) is 0. The lowest BCUT2D eigenvalue weighted by molar-refractivity contribution is -0.000451. The zero-order valence-corrected chi connectivity index (χ0v) is 9.92. The minimum Gasteiger partial charge on any atom is -0.386 e. The number of rotatable bonds is 5. The second kappa shape index (κ2) is 5.67. The van der Waals surface area contributed by atoms with Crippen molar-refractivity contribution in [1.29, 1.82) is 0 Å². The molecule has 1 heterocycles. The molecular formula is C8H9ClF2N2O3S. The number of nitrogens with one attached hydrogen (secondary N) is 1. The summed E-state index contributed by atoms with van der Waals surface area (Å²) in [6, 6.07) is 1.25. The van der Waals surface area contributed by atoms with Crippen LogP contribution < -0.4 is 4.72 Å². The Bertz CT molecular complexity index is 483. The summed E-state index contributed by atoms with van der Waals surface area (Å²) in [7, 11) is -4.06. The molecule has 0 radical (unpaired) electrons. The molecule has 1 aromatic heterocycles. The molecule has 0 bridgehead atoms. The third kappa shape index (κ3) is 3.84. The Morgan fingerprint density at radius 3 is 2.71 bits per heavy atom. The molecule has 0 aromatic carbocycles. The standard InChI is InChI=1S/C8H9ClF2N2O3S/c9-5-1-2-12-4-7(5)17(15,16)13-3-6(14)8(10)11/h1-2,4,6,8,13-14H,3H2. The summed E-state index contributed by atoms with van der Waals surface area (Å²) in [6.45, 7) is -0.800. The van der Waals surface area contributed by atoms with E-state index in [9.17, 15) is 17.2 Å². The van der Waals surface area contributed by atoms with E-state index in [1.165, 1.54) is 12.3 Å². The largest absolute Gasteiger partial charge is 0.386 e. The molecule has 96 valence electrons. The van der Waals surface area contributed by atoms with Crippen LogP contribution in [0.1, 0.15) is 0 Å². The molecule has 1 atom stereocenters. The molecule has 5 nitrogen and oxygen atoms in total. The van der Waals surface area contributed by atoms with Gasteiger partial charge in [-0.1, -0.05) is 11.6 Å². The number of hydrogen-bond donors (Lipinski definition) is 2. The van der Waals surface area contributed by atoms with Gasteiger partial charge >= 0.3 is 0 Å². The van der Waals surface area contributed by atoms with Gasteiger partial charge < -0.3 is 5.11 Å². The van der Waals surface area contributed by atoms with Crippen LogP contribution in [0.25, 0.3) is 0 Å². The first-order valence-electron chi connectivity index (χ1n) is 4.40. The number of alkyl halides is 2. The maximum Gasteiger partial charge on any atom is 0.265 e. The van der Waals surface area contributed by atoms with Gasteiger partial charge in [-0.05, 0) is 6.07 Å². The Labute approximate surface area is 101 Å². The van der Waals surface area contributed by atoms with Crippen LogP contribution in [-0.4, -0.2) is 37.6 Å². The third-order valence-electron chi connectivity index (χ3n) is 1.80. The van der Waals surface area contributed by atoms with E-state index in [2.05, 4.69) is 4.98 Å². The summed E-state index contributed by atoms with van der Waals surface area (Å²) < 4.78 is 48.9. The van der Waals surface area contributed by atoms with Gasteiger partial charge in [-0.25, -0.2) is 21.9 Å². The van der Waals surface area contributed by atoms with Gasteiger partial charge in [0.25, 0.3) is 6.43 Å². The smallest absolute Gasteiger partial charge is 0.265 e. The lowest BCUT2D eigenvalue weighted by Crippen LogP contribution is -2.35. The van der Waals surface area contributed by atoms with E-state index in [-0.39, 0.29) is 9.92 Å². The molecule has 0 amide bonds. The molecule has 0 aliphatic carbocycles. The van der Waals surface area contributed by atoms with Crippen LogP contribution in [0, 0.1) is 0 Å². The highest BCUT2D eigenvalue weighted by Crippen LogP contribution is 2.18. The van der Waals surface area contributed by atoms with Crippen LogP contribution in [0.2, 0.25) is 5.02 Å². The molecule has 1 aromatic rings. The number of halogens is 3. The fraction of sp³-hybridized carbons (Fsp3) is 0.375. The molecule has 1 rings (SSSR count). The van der Waals surface area contributed by atoms with Crippen molar-refractivity contribution in [3.8, 4) is 0 Å². The Kier molecular flexibility index (Phi) is 4.75. The fourth-order valence-corrected chi connectivity index (χ4v) is 2.40. The van der Waals surface area contributed by atoms with E-state index in [0.29, 0.717) is 0 Å². The molecule has 1 unspecified atom stereocenters. The lowest BCUT2D eigenvalue weighted by atomic mass is 10.4. The van der Waals surface area contributed by atoms with E-state index in [0.717, 1.165) is 6.20 Å². The lowest BCUT2D eigenvalue weighted by Gasteiger charge is -2.11. The quantitative estimate of drug-likeness (QED) is 0.832. The second-order valence-corrected chi connectivity index (χ2v) is 5.20. The summed E-state index contributed by atoms with van der Waals surface area (Å²) in [5, 5.41) is 8.70. The average Bonchev–Trinajstić information content (AvgIpc) is 2.26. The first kappa shape index (κ1) is 14.2. The first-order chi connectivity index (χ1) is 7.84. The fourth-order valence-electron chi connectivity index (χ4n) is 0.923. The van der Waals surface area contributed by atoms with Gasteiger partial charge in [-0.15, -0.1) is 0 Å². The number of nitrogens with zero attached hydrogens (tertiary/aromatic N) is 1. The van der Waals surface area contributed by atoms with Crippen LogP contribution in [-0.2, 0) is 10.0 Å². The van der Waals surface area contributed by atoms with Crippen molar-refractivity contribution in [2.24, 2.45) is 0 Å². The van der Waals surface area contributed by atoms with E-state index < -0.39 is 29.1 Å². The highest BCUT2D eigenvalue weighted by atomic mass is 35.5. The van der Waals surface area contributed by atoms with Crippen molar-refractivity contribution in [2.75, 3.05) is 6.54 Å². The van der Waals surface area contributed by atoms with Gasteiger partial charge in [0, 0.05) is 18.9 Å². The Morgan fingerprint density at radius 1 is 1.53 bits per heavy atom. The Morgan fingerprint density at radius 2 is 2.18 bits per heavy atom. The zero-order chi connectivity index (χ0) is 13.1. The molecule has 0 aliphatic rings. The molecule has 9 heteroatoms. The normalized spacial score (nSPS) is 13.9. The van der Waals surface area contributed by atoms with Crippen LogP contribution in [0.15, 0.2) is 23.4 Å². The molecule has 0 aliphatic heterocycles. The van der Waals surface area contributed by atoms with E-state index in [1.807, 2.05) is 4.72 Å². The summed E-state index contributed by atoms with van der Waals surface area (Å²) in [4.78, 5) is 3.23. The highest BCUT2D eigenvalue weighted by molar-refractivity contribution is 7.89. The SMILES string of the molecule is O=S(=O)(NCC(O)C(F)F)c1cnccc1Cl. The predicted octanol–water partition coefficient (Wildman–Crippen LogP) is 0.639. The van der Waals surface area contributed by atoms with Gasteiger partial charge in [0.05, 0.1) is 5.02 Å². The molecule has 2 N–H and O–H groups in total. The molecule has 0 spiro atoms. The molecule has 0 saturated heterocycles. The van der Waals surface area contributed by atoms with Gasteiger partial charge in [0.1, 0.15) is 11.0 Å². The second-order valence-electron chi connectivity index (χ2n) is 3.06. The summed E-state index contributed by atoms with van der Waals surface area (Å²) in [5.41, 5.74) is 0. The van der Waals surface area contributed by atoms with Crippen LogP contribution in [0.3, 0.4) is 0 Å². The van der Waals surface area contributed by atoms with Crippen molar-refractivity contribution in [1.82, 2.24) is 9.71 Å². The van der Waals surface area contributed by atoms with E-state index in [1.54, 1.807) is 0 Å². The Balaban J connectivity index is 2.80. The van der Waals surface area contributed by atoms with E-state index in [4.69, 9.17) is 16.7 Å².